The Hall–Kier alpha value is -1.79. The number of hydrogen-bond donors (Lipinski definition) is 2. The first-order chi connectivity index (χ1) is 8.83. The predicted molar refractivity (Wildman–Crippen MR) is 70.2 cm³/mol. The van der Waals surface area contributed by atoms with Gasteiger partial charge in [-0.05, 0) is 12.8 Å². The van der Waals surface area contributed by atoms with Crippen molar-refractivity contribution >= 4 is 17.9 Å². The van der Waals surface area contributed by atoms with Crippen LogP contribution in [-0.4, -0.2) is 49.0 Å². The van der Waals surface area contributed by atoms with Gasteiger partial charge in [0.05, 0.1) is 6.61 Å². The molecule has 0 aliphatic carbocycles. The molecule has 0 aromatic carbocycles. The number of urea groups is 1. The molecule has 0 fully saturated rings. The molecule has 3 amide bonds. The minimum Gasteiger partial charge on any atom is -0.465 e. The summed E-state index contributed by atoms with van der Waals surface area (Å²) in [6.07, 6.45) is 0.698. The number of nitrogens with one attached hydrogen (secondary N) is 1. The second-order valence-electron chi connectivity index (χ2n) is 4.37. The molecule has 0 aliphatic heterocycles. The summed E-state index contributed by atoms with van der Waals surface area (Å²) in [6.45, 7) is 5.53. The van der Waals surface area contributed by atoms with Crippen LogP contribution in [-0.2, 0) is 14.3 Å². The SMILES string of the molecule is CCOC(=O)CN(C)C(=O)C(NC(N)=O)C(C)CC. The predicted octanol–water partition coefficient (Wildman–Crippen LogP) is 0.0909. The van der Waals surface area contributed by atoms with E-state index in [9.17, 15) is 14.4 Å². The Morgan fingerprint density at radius 2 is 1.89 bits per heavy atom. The molecule has 0 heterocycles. The van der Waals surface area contributed by atoms with Crippen LogP contribution in [0.25, 0.3) is 0 Å². The highest BCUT2D eigenvalue weighted by atomic mass is 16.5. The molecule has 0 radical (unpaired) electrons. The Labute approximate surface area is 113 Å². The lowest BCUT2D eigenvalue weighted by atomic mass is 9.98. The lowest BCUT2D eigenvalue weighted by Crippen LogP contribution is -2.53. The molecule has 110 valence electrons. The van der Waals surface area contributed by atoms with Crippen LogP contribution < -0.4 is 11.1 Å². The van der Waals surface area contributed by atoms with E-state index in [1.54, 1.807) is 6.92 Å². The number of esters is 1. The van der Waals surface area contributed by atoms with Crippen molar-refractivity contribution in [2.45, 2.75) is 33.2 Å². The van der Waals surface area contributed by atoms with Gasteiger partial charge in [0, 0.05) is 7.05 Å². The van der Waals surface area contributed by atoms with Gasteiger partial charge in [0.25, 0.3) is 0 Å². The van der Waals surface area contributed by atoms with Gasteiger partial charge in [0.15, 0.2) is 0 Å². The topological polar surface area (TPSA) is 102 Å². The van der Waals surface area contributed by atoms with Crippen LogP contribution >= 0.6 is 0 Å². The standard InChI is InChI=1S/C12H23N3O4/c1-5-8(3)10(14-12(13)18)11(17)15(4)7-9(16)19-6-2/h8,10H,5-7H2,1-4H3,(H3,13,14,18). The minimum atomic E-state index is -0.761. The molecule has 2 atom stereocenters. The zero-order chi connectivity index (χ0) is 15.0. The maximum atomic E-state index is 12.2. The van der Waals surface area contributed by atoms with E-state index in [1.807, 2.05) is 13.8 Å². The second kappa shape index (κ2) is 8.34. The molecule has 19 heavy (non-hydrogen) atoms. The summed E-state index contributed by atoms with van der Waals surface area (Å²) >= 11 is 0. The van der Waals surface area contributed by atoms with Crippen molar-refractivity contribution in [2.75, 3.05) is 20.2 Å². The monoisotopic (exact) mass is 273 g/mol. The molecular weight excluding hydrogens is 250 g/mol. The molecule has 7 heteroatoms. The van der Waals surface area contributed by atoms with Gasteiger partial charge in [-0.25, -0.2) is 4.79 Å². The maximum absolute atomic E-state index is 12.2. The van der Waals surface area contributed by atoms with Crippen LogP contribution in [0, 0.1) is 5.92 Å². The fraction of sp³-hybridized carbons (Fsp3) is 0.750. The Balaban J connectivity index is 4.69. The average Bonchev–Trinajstić information content (AvgIpc) is 2.34. The number of rotatable bonds is 7. The van der Waals surface area contributed by atoms with Gasteiger partial charge >= 0.3 is 12.0 Å². The van der Waals surface area contributed by atoms with E-state index in [-0.39, 0.29) is 25.0 Å². The van der Waals surface area contributed by atoms with E-state index in [0.29, 0.717) is 6.42 Å². The van der Waals surface area contributed by atoms with Crippen LogP contribution in [0.3, 0.4) is 0 Å². The van der Waals surface area contributed by atoms with Crippen molar-refractivity contribution < 1.29 is 19.1 Å². The Kier molecular flexibility index (Phi) is 7.55. The third-order valence-corrected chi connectivity index (χ3v) is 2.82. The number of carbonyl (C=O) groups is 3. The first kappa shape index (κ1) is 17.2. The zero-order valence-electron chi connectivity index (χ0n) is 11.9. The number of amides is 3. The maximum Gasteiger partial charge on any atom is 0.325 e. The van der Waals surface area contributed by atoms with E-state index < -0.39 is 18.0 Å². The molecule has 0 bridgehead atoms. The zero-order valence-corrected chi connectivity index (χ0v) is 11.9. The Morgan fingerprint density at radius 3 is 2.32 bits per heavy atom. The van der Waals surface area contributed by atoms with E-state index in [0.717, 1.165) is 0 Å². The van der Waals surface area contributed by atoms with Crippen molar-refractivity contribution in [1.82, 2.24) is 10.2 Å². The summed E-state index contributed by atoms with van der Waals surface area (Å²) in [4.78, 5) is 35.6. The molecular formula is C12H23N3O4. The molecule has 0 saturated carbocycles. The number of primary amides is 1. The van der Waals surface area contributed by atoms with Crippen molar-refractivity contribution in [3.05, 3.63) is 0 Å². The van der Waals surface area contributed by atoms with Gasteiger partial charge < -0.3 is 20.7 Å². The molecule has 2 unspecified atom stereocenters. The minimum absolute atomic E-state index is 0.0790. The van der Waals surface area contributed by atoms with Crippen LogP contribution in [0.15, 0.2) is 0 Å². The lowest BCUT2D eigenvalue weighted by molar-refractivity contribution is -0.148. The molecule has 3 N–H and O–H groups in total. The smallest absolute Gasteiger partial charge is 0.325 e. The van der Waals surface area contributed by atoms with Crippen LogP contribution in [0.5, 0.6) is 0 Å². The number of nitrogens with two attached hydrogens (primary N) is 1. The highest BCUT2D eigenvalue weighted by Crippen LogP contribution is 2.10. The van der Waals surface area contributed by atoms with Crippen molar-refractivity contribution in [3.8, 4) is 0 Å². The molecule has 0 rings (SSSR count). The first-order valence-electron chi connectivity index (χ1n) is 6.29. The first-order valence-corrected chi connectivity index (χ1v) is 6.29. The highest BCUT2D eigenvalue weighted by Gasteiger charge is 2.28. The largest absolute Gasteiger partial charge is 0.465 e. The number of ether oxygens (including phenoxy) is 1. The molecule has 0 spiro atoms. The average molecular weight is 273 g/mol. The fourth-order valence-corrected chi connectivity index (χ4v) is 1.55. The molecule has 0 aromatic heterocycles. The summed E-state index contributed by atoms with van der Waals surface area (Å²) in [5.74, 6) is -0.925. The summed E-state index contributed by atoms with van der Waals surface area (Å²) < 4.78 is 4.77. The van der Waals surface area contributed by atoms with Gasteiger partial charge in [-0.15, -0.1) is 0 Å². The number of hydrogen-bond acceptors (Lipinski definition) is 4. The van der Waals surface area contributed by atoms with Crippen molar-refractivity contribution in [1.29, 1.82) is 0 Å². The normalized spacial score (nSPS) is 13.3. The summed E-state index contributed by atoms with van der Waals surface area (Å²) in [5, 5.41) is 2.41. The van der Waals surface area contributed by atoms with Gasteiger partial charge in [-0.2, -0.15) is 0 Å². The van der Waals surface area contributed by atoms with E-state index >= 15 is 0 Å². The molecule has 0 saturated heterocycles. The van der Waals surface area contributed by atoms with Crippen molar-refractivity contribution in [2.24, 2.45) is 11.7 Å². The fourth-order valence-electron chi connectivity index (χ4n) is 1.55. The summed E-state index contributed by atoms with van der Waals surface area (Å²) in [5.41, 5.74) is 5.06. The highest BCUT2D eigenvalue weighted by molar-refractivity contribution is 5.89. The van der Waals surface area contributed by atoms with Gasteiger partial charge in [0.1, 0.15) is 12.6 Å². The van der Waals surface area contributed by atoms with Gasteiger partial charge in [0.2, 0.25) is 5.91 Å². The molecule has 0 aromatic rings. The van der Waals surface area contributed by atoms with E-state index in [2.05, 4.69) is 5.32 Å². The quantitative estimate of drug-likeness (QED) is 0.642. The summed E-state index contributed by atoms with van der Waals surface area (Å²) in [6, 6.07) is -1.50. The van der Waals surface area contributed by atoms with Crippen LogP contribution in [0.2, 0.25) is 0 Å². The van der Waals surface area contributed by atoms with Crippen LogP contribution in [0.1, 0.15) is 27.2 Å². The Morgan fingerprint density at radius 1 is 1.32 bits per heavy atom. The summed E-state index contributed by atoms with van der Waals surface area (Å²) in [7, 11) is 1.48. The molecule has 7 nitrogen and oxygen atoms in total. The number of likely N-dealkylation sites (N-methyl/N-ethyl adjacent to an activating group) is 1. The molecule has 0 aliphatic rings. The van der Waals surface area contributed by atoms with Crippen molar-refractivity contribution in [3.63, 3.8) is 0 Å². The second-order valence-corrected chi connectivity index (χ2v) is 4.37. The van der Waals surface area contributed by atoms with Gasteiger partial charge in [-0.1, -0.05) is 20.3 Å². The van der Waals surface area contributed by atoms with Crippen LogP contribution in [0.4, 0.5) is 4.79 Å². The third-order valence-electron chi connectivity index (χ3n) is 2.82. The van der Waals surface area contributed by atoms with E-state index in [4.69, 9.17) is 10.5 Å². The number of carbonyl (C=O) groups excluding carboxylic acids is 3. The Bertz CT molecular complexity index is 333. The van der Waals surface area contributed by atoms with E-state index in [1.165, 1.54) is 11.9 Å². The number of nitrogens with zero attached hydrogens (tertiary/aromatic N) is 1. The lowest BCUT2D eigenvalue weighted by Gasteiger charge is -2.27. The third kappa shape index (κ3) is 6.08. The van der Waals surface area contributed by atoms with Gasteiger partial charge in [-0.3, -0.25) is 9.59 Å².